The molecule has 0 unspecified atom stereocenters. The number of hydrogen-bond donors (Lipinski definition) is 1. The molecule has 1 aliphatic carbocycles. The van der Waals surface area contributed by atoms with E-state index in [2.05, 4.69) is 17.2 Å². The van der Waals surface area contributed by atoms with Gasteiger partial charge >= 0.3 is 0 Å². The number of carbonyl (C=O) groups is 1. The summed E-state index contributed by atoms with van der Waals surface area (Å²) in [6.45, 7) is 2.10. The van der Waals surface area contributed by atoms with Gasteiger partial charge in [-0.05, 0) is 31.4 Å². The van der Waals surface area contributed by atoms with Crippen molar-refractivity contribution >= 4 is 17.2 Å². The summed E-state index contributed by atoms with van der Waals surface area (Å²) >= 11 is 0. The van der Waals surface area contributed by atoms with Gasteiger partial charge in [0.2, 0.25) is 5.91 Å². The van der Waals surface area contributed by atoms with E-state index in [1.54, 1.807) is 0 Å². The van der Waals surface area contributed by atoms with E-state index in [4.69, 9.17) is 0 Å². The zero-order valence-electron chi connectivity index (χ0n) is 9.81. The molecule has 0 radical (unpaired) electrons. The summed E-state index contributed by atoms with van der Waals surface area (Å²) in [5.74, 6) is 0.343. The van der Waals surface area contributed by atoms with Crippen LogP contribution in [0.15, 0.2) is 24.5 Å². The predicted molar refractivity (Wildman–Crippen MR) is 65.9 cm³/mol. The van der Waals surface area contributed by atoms with Crippen LogP contribution >= 0.6 is 0 Å². The number of pyridine rings is 1. The van der Waals surface area contributed by atoms with Gasteiger partial charge in [0.15, 0.2) is 5.65 Å². The molecule has 88 valence electrons. The van der Waals surface area contributed by atoms with Gasteiger partial charge in [-0.25, -0.2) is 4.98 Å². The van der Waals surface area contributed by atoms with Crippen LogP contribution < -0.4 is 5.32 Å². The first-order chi connectivity index (χ1) is 8.29. The molecule has 1 saturated carbocycles. The van der Waals surface area contributed by atoms with Gasteiger partial charge in [0.05, 0.1) is 5.69 Å². The molecule has 0 aliphatic heterocycles. The Labute approximate surface area is 99.7 Å². The molecule has 1 fully saturated rings. The third kappa shape index (κ3) is 1.79. The molecule has 0 aromatic carbocycles. The van der Waals surface area contributed by atoms with Crippen molar-refractivity contribution in [2.45, 2.75) is 26.2 Å². The van der Waals surface area contributed by atoms with Crippen molar-refractivity contribution in [2.24, 2.45) is 5.92 Å². The van der Waals surface area contributed by atoms with Gasteiger partial charge in [-0.1, -0.05) is 6.92 Å². The summed E-state index contributed by atoms with van der Waals surface area (Å²) < 4.78 is 2.03. The molecule has 0 bridgehead atoms. The van der Waals surface area contributed by atoms with E-state index in [0.717, 1.165) is 36.3 Å². The average molecular weight is 229 g/mol. The monoisotopic (exact) mass is 229 g/mol. The molecule has 2 heterocycles. The molecule has 1 N–H and O–H groups in total. The topological polar surface area (TPSA) is 46.4 Å². The van der Waals surface area contributed by atoms with Crippen LogP contribution in [0.4, 0.5) is 5.69 Å². The second-order valence-corrected chi connectivity index (χ2v) is 4.48. The molecule has 0 spiro atoms. The zero-order chi connectivity index (χ0) is 11.8. The smallest absolute Gasteiger partial charge is 0.227 e. The molecule has 3 rings (SSSR count). The highest BCUT2D eigenvalue weighted by atomic mass is 16.2. The summed E-state index contributed by atoms with van der Waals surface area (Å²) in [7, 11) is 0. The Morgan fingerprint density at radius 1 is 1.59 bits per heavy atom. The molecular weight excluding hydrogens is 214 g/mol. The van der Waals surface area contributed by atoms with E-state index in [0.29, 0.717) is 0 Å². The van der Waals surface area contributed by atoms with Gasteiger partial charge < -0.3 is 9.72 Å². The lowest BCUT2D eigenvalue weighted by Gasteiger charge is -2.06. The third-order valence-corrected chi connectivity index (χ3v) is 3.18. The quantitative estimate of drug-likeness (QED) is 0.877. The van der Waals surface area contributed by atoms with Crippen LogP contribution in [0.25, 0.3) is 5.65 Å². The number of nitrogens with one attached hydrogen (secondary N) is 1. The highest BCUT2D eigenvalue weighted by Gasteiger charge is 2.29. The Bertz CT molecular complexity index is 569. The van der Waals surface area contributed by atoms with Crippen LogP contribution in [-0.2, 0) is 11.2 Å². The molecule has 2 aromatic heterocycles. The highest BCUT2D eigenvalue weighted by molar-refractivity contribution is 5.97. The lowest BCUT2D eigenvalue weighted by atomic mass is 10.3. The Morgan fingerprint density at radius 2 is 2.41 bits per heavy atom. The number of aryl methyl sites for hydroxylation is 1. The third-order valence-electron chi connectivity index (χ3n) is 3.18. The number of imidazole rings is 1. The number of carbonyl (C=O) groups excluding carboxylic acids is 1. The molecule has 2 aromatic rings. The fourth-order valence-corrected chi connectivity index (χ4v) is 2.00. The number of nitrogens with zero attached hydrogens (tertiary/aromatic N) is 2. The van der Waals surface area contributed by atoms with Gasteiger partial charge in [-0.15, -0.1) is 0 Å². The summed E-state index contributed by atoms with van der Waals surface area (Å²) in [6.07, 6.45) is 6.81. The molecule has 1 aliphatic rings. The maximum atomic E-state index is 11.7. The van der Waals surface area contributed by atoms with E-state index in [-0.39, 0.29) is 11.8 Å². The van der Waals surface area contributed by atoms with Gasteiger partial charge in [0.25, 0.3) is 0 Å². The maximum absolute atomic E-state index is 11.7. The van der Waals surface area contributed by atoms with Crippen LogP contribution in [0.5, 0.6) is 0 Å². The number of amides is 1. The zero-order valence-corrected chi connectivity index (χ0v) is 9.81. The van der Waals surface area contributed by atoms with Gasteiger partial charge in [0, 0.05) is 24.0 Å². The van der Waals surface area contributed by atoms with E-state index in [1.807, 2.05) is 28.9 Å². The minimum atomic E-state index is 0.124. The first-order valence-electron chi connectivity index (χ1n) is 6.05. The Hall–Kier alpha value is -1.84. The largest absolute Gasteiger partial charge is 0.323 e. The van der Waals surface area contributed by atoms with Crippen molar-refractivity contribution in [2.75, 3.05) is 5.32 Å². The van der Waals surface area contributed by atoms with E-state index in [9.17, 15) is 4.79 Å². The van der Waals surface area contributed by atoms with Crippen molar-refractivity contribution in [3.8, 4) is 0 Å². The van der Waals surface area contributed by atoms with Crippen LogP contribution in [0, 0.1) is 5.92 Å². The van der Waals surface area contributed by atoms with E-state index in [1.165, 1.54) is 0 Å². The number of aromatic nitrogens is 2. The molecular formula is C13H15N3O. The first kappa shape index (κ1) is 10.3. The van der Waals surface area contributed by atoms with Crippen LogP contribution in [0.3, 0.4) is 0 Å². The number of fused-ring (bicyclic) bond motifs is 1. The number of hydrogen-bond acceptors (Lipinski definition) is 2. The van der Waals surface area contributed by atoms with Crippen LogP contribution in [0.2, 0.25) is 0 Å². The lowest BCUT2D eigenvalue weighted by Crippen LogP contribution is -2.14. The molecule has 4 nitrogen and oxygen atoms in total. The summed E-state index contributed by atoms with van der Waals surface area (Å²) in [4.78, 5) is 16.1. The van der Waals surface area contributed by atoms with Crippen molar-refractivity contribution in [1.29, 1.82) is 0 Å². The molecule has 4 heteroatoms. The van der Waals surface area contributed by atoms with Crippen molar-refractivity contribution in [3.05, 3.63) is 30.2 Å². The van der Waals surface area contributed by atoms with Gasteiger partial charge in [-0.2, -0.15) is 0 Å². The summed E-state index contributed by atoms with van der Waals surface area (Å²) in [6, 6.07) is 3.85. The van der Waals surface area contributed by atoms with Gasteiger partial charge in [0.1, 0.15) is 0 Å². The highest BCUT2D eigenvalue weighted by Crippen LogP contribution is 2.30. The summed E-state index contributed by atoms with van der Waals surface area (Å²) in [5.41, 5.74) is 2.80. The molecule has 0 atom stereocenters. The maximum Gasteiger partial charge on any atom is 0.227 e. The van der Waals surface area contributed by atoms with Crippen molar-refractivity contribution in [1.82, 2.24) is 9.38 Å². The van der Waals surface area contributed by atoms with Crippen LogP contribution in [-0.4, -0.2) is 15.3 Å². The second kappa shape index (κ2) is 3.87. The SMILES string of the molecule is CCc1cnc2c(NC(=O)C3CC3)cccn12. The Morgan fingerprint density at radius 3 is 3.12 bits per heavy atom. The number of anilines is 1. The standard InChI is InChI=1S/C13H15N3O/c1-2-10-8-14-12-11(4-3-7-16(10)12)15-13(17)9-5-6-9/h3-4,7-9H,2,5-6H2,1H3,(H,15,17). The normalized spacial score (nSPS) is 15.1. The average Bonchev–Trinajstić information content (AvgIpc) is 3.10. The fraction of sp³-hybridized carbons (Fsp3) is 0.385. The molecule has 0 saturated heterocycles. The van der Waals surface area contributed by atoms with Crippen molar-refractivity contribution < 1.29 is 4.79 Å². The molecule has 1 amide bonds. The second-order valence-electron chi connectivity index (χ2n) is 4.48. The Kier molecular flexibility index (Phi) is 2.35. The minimum Gasteiger partial charge on any atom is -0.323 e. The first-order valence-corrected chi connectivity index (χ1v) is 6.05. The number of rotatable bonds is 3. The lowest BCUT2D eigenvalue weighted by molar-refractivity contribution is -0.117. The summed E-state index contributed by atoms with van der Waals surface area (Å²) in [5, 5.41) is 2.96. The van der Waals surface area contributed by atoms with E-state index >= 15 is 0 Å². The van der Waals surface area contributed by atoms with Crippen LogP contribution in [0.1, 0.15) is 25.5 Å². The fourth-order valence-electron chi connectivity index (χ4n) is 2.00. The minimum absolute atomic E-state index is 0.124. The van der Waals surface area contributed by atoms with Gasteiger partial charge in [-0.3, -0.25) is 4.79 Å². The predicted octanol–water partition coefficient (Wildman–Crippen LogP) is 2.25. The molecule has 17 heavy (non-hydrogen) atoms. The van der Waals surface area contributed by atoms with E-state index < -0.39 is 0 Å². The van der Waals surface area contributed by atoms with Crippen molar-refractivity contribution in [3.63, 3.8) is 0 Å². The Balaban J connectivity index is 1.98.